The van der Waals surface area contributed by atoms with Gasteiger partial charge in [-0.05, 0) is 6.92 Å². The number of allylic oxidation sites excluding steroid dienone is 1. The molecule has 16 heavy (non-hydrogen) atoms. The second kappa shape index (κ2) is 3.96. The van der Waals surface area contributed by atoms with Gasteiger partial charge in [-0.25, -0.2) is 0 Å². The minimum Gasteiger partial charge on any atom is -0.511 e. The summed E-state index contributed by atoms with van der Waals surface area (Å²) in [5, 5.41) is 9.39. The van der Waals surface area contributed by atoms with Gasteiger partial charge >= 0.3 is 11.9 Å². The Labute approximate surface area is 91.8 Å². The fourth-order valence-corrected chi connectivity index (χ4v) is 1.25. The van der Waals surface area contributed by atoms with Gasteiger partial charge in [-0.3, -0.25) is 14.4 Å². The van der Waals surface area contributed by atoms with Crippen LogP contribution in [0.15, 0.2) is 11.8 Å². The summed E-state index contributed by atoms with van der Waals surface area (Å²) in [5.74, 6) is -5.94. The van der Waals surface area contributed by atoms with Crippen LogP contribution >= 0.6 is 0 Å². The molecule has 1 aliphatic rings. The van der Waals surface area contributed by atoms with E-state index in [4.69, 9.17) is 9.47 Å². The molecule has 0 aromatic rings. The van der Waals surface area contributed by atoms with Crippen LogP contribution in [0.1, 0.15) is 20.8 Å². The third kappa shape index (κ3) is 2.59. The fourth-order valence-electron chi connectivity index (χ4n) is 1.25. The summed E-state index contributed by atoms with van der Waals surface area (Å²) in [7, 11) is 0. The summed E-state index contributed by atoms with van der Waals surface area (Å²) in [6.45, 7) is 3.97. The first-order valence-electron chi connectivity index (χ1n) is 4.60. The number of rotatable bonds is 2. The Morgan fingerprint density at radius 3 is 2.12 bits per heavy atom. The van der Waals surface area contributed by atoms with Gasteiger partial charge < -0.3 is 14.6 Å². The average molecular weight is 228 g/mol. The van der Waals surface area contributed by atoms with E-state index in [1.54, 1.807) is 0 Å². The van der Waals surface area contributed by atoms with E-state index in [9.17, 15) is 19.5 Å². The molecule has 0 amide bonds. The number of cyclic esters (lactones) is 2. The second-order valence-electron chi connectivity index (χ2n) is 3.85. The zero-order valence-electron chi connectivity index (χ0n) is 9.14. The lowest BCUT2D eigenvalue weighted by Gasteiger charge is -2.32. The number of ketones is 1. The molecular formula is C10H12O6. The van der Waals surface area contributed by atoms with E-state index in [-0.39, 0.29) is 0 Å². The second-order valence-corrected chi connectivity index (χ2v) is 3.85. The number of carbonyl (C=O) groups is 3. The predicted molar refractivity (Wildman–Crippen MR) is 51.1 cm³/mol. The normalized spacial score (nSPS) is 21.3. The minimum atomic E-state index is -1.57. The summed E-state index contributed by atoms with van der Waals surface area (Å²) in [6, 6.07) is 0. The lowest BCUT2D eigenvalue weighted by atomic mass is 10.1. The number of hydrogen-bond acceptors (Lipinski definition) is 6. The van der Waals surface area contributed by atoms with Crippen molar-refractivity contribution in [2.45, 2.75) is 26.6 Å². The summed E-state index contributed by atoms with van der Waals surface area (Å²) in [4.78, 5) is 33.5. The van der Waals surface area contributed by atoms with E-state index >= 15 is 0 Å². The van der Waals surface area contributed by atoms with Crippen molar-refractivity contribution in [1.29, 1.82) is 0 Å². The molecule has 1 saturated heterocycles. The third-order valence-electron chi connectivity index (χ3n) is 1.81. The molecular weight excluding hydrogens is 216 g/mol. The molecule has 1 rings (SSSR count). The van der Waals surface area contributed by atoms with Crippen LogP contribution in [0.25, 0.3) is 0 Å². The minimum absolute atomic E-state index is 0.483. The van der Waals surface area contributed by atoms with Crippen molar-refractivity contribution < 1.29 is 29.0 Å². The monoisotopic (exact) mass is 228 g/mol. The maximum Gasteiger partial charge on any atom is 0.331 e. The SMILES string of the molecule is CC(=O)C=C(O)C1C(=O)OC(C)(C)OC1=O. The Kier molecular flexibility index (Phi) is 3.02. The number of ether oxygens (including phenoxy) is 2. The van der Waals surface area contributed by atoms with Crippen molar-refractivity contribution in [3.05, 3.63) is 11.8 Å². The first-order chi connectivity index (χ1) is 7.23. The third-order valence-corrected chi connectivity index (χ3v) is 1.81. The Bertz CT molecular complexity index is 359. The Hall–Kier alpha value is -1.85. The number of aliphatic hydroxyl groups is 1. The molecule has 1 aliphatic heterocycles. The molecule has 0 aromatic heterocycles. The van der Waals surface area contributed by atoms with Gasteiger partial charge in [0.2, 0.25) is 5.92 Å². The van der Waals surface area contributed by atoms with Crippen LogP contribution in [0.4, 0.5) is 0 Å². The maximum absolute atomic E-state index is 11.4. The smallest absolute Gasteiger partial charge is 0.331 e. The number of hydrogen-bond donors (Lipinski definition) is 1. The van der Waals surface area contributed by atoms with Crippen LogP contribution in [0.3, 0.4) is 0 Å². The number of aliphatic hydroxyl groups excluding tert-OH is 1. The summed E-state index contributed by atoms with van der Waals surface area (Å²) in [5.41, 5.74) is 0. The average Bonchev–Trinajstić information content (AvgIpc) is 1.96. The summed E-state index contributed by atoms with van der Waals surface area (Å²) >= 11 is 0. The molecule has 6 heteroatoms. The highest BCUT2D eigenvalue weighted by Gasteiger charge is 2.45. The molecule has 0 spiro atoms. The van der Waals surface area contributed by atoms with Gasteiger partial charge in [-0.15, -0.1) is 0 Å². The van der Waals surface area contributed by atoms with Gasteiger partial charge in [0.25, 0.3) is 5.79 Å². The van der Waals surface area contributed by atoms with Gasteiger partial charge in [0, 0.05) is 19.9 Å². The highest BCUT2D eigenvalue weighted by molar-refractivity contribution is 6.01. The molecule has 1 heterocycles. The zero-order valence-corrected chi connectivity index (χ0v) is 9.14. The van der Waals surface area contributed by atoms with Crippen molar-refractivity contribution >= 4 is 17.7 Å². The zero-order chi connectivity index (χ0) is 12.5. The van der Waals surface area contributed by atoms with E-state index in [1.165, 1.54) is 20.8 Å². The first-order valence-corrected chi connectivity index (χ1v) is 4.60. The predicted octanol–water partition coefficient (Wildman–Crippen LogP) is 0.470. The first kappa shape index (κ1) is 12.2. The summed E-state index contributed by atoms with van der Waals surface area (Å²) in [6.07, 6.45) is 0.783. The highest BCUT2D eigenvalue weighted by Crippen LogP contribution is 2.26. The van der Waals surface area contributed by atoms with Crippen LogP contribution in [-0.2, 0) is 23.9 Å². The molecule has 0 unspecified atom stereocenters. The Balaban J connectivity index is 2.95. The van der Waals surface area contributed by atoms with E-state index in [0.717, 1.165) is 6.08 Å². The Morgan fingerprint density at radius 2 is 1.75 bits per heavy atom. The molecule has 0 aromatic carbocycles. The summed E-state index contributed by atoms with van der Waals surface area (Å²) < 4.78 is 9.53. The molecule has 0 saturated carbocycles. The van der Waals surface area contributed by atoms with Crippen molar-refractivity contribution in [2.24, 2.45) is 5.92 Å². The van der Waals surface area contributed by atoms with Crippen molar-refractivity contribution in [3.63, 3.8) is 0 Å². The van der Waals surface area contributed by atoms with E-state index in [2.05, 4.69) is 0 Å². The van der Waals surface area contributed by atoms with Crippen LogP contribution < -0.4 is 0 Å². The van der Waals surface area contributed by atoms with Crippen LogP contribution in [0.2, 0.25) is 0 Å². The molecule has 0 atom stereocenters. The quantitative estimate of drug-likeness (QED) is 0.320. The molecule has 88 valence electrons. The largest absolute Gasteiger partial charge is 0.511 e. The van der Waals surface area contributed by atoms with Crippen molar-refractivity contribution in [2.75, 3.05) is 0 Å². The Morgan fingerprint density at radius 1 is 1.31 bits per heavy atom. The molecule has 0 radical (unpaired) electrons. The topological polar surface area (TPSA) is 89.9 Å². The molecule has 0 bridgehead atoms. The van der Waals surface area contributed by atoms with Gasteiger partial charge in [0.1, 0.15) is 5.76 Å². The lowest BCUT2D eigenvalue weighted by Crippen LogP contribution is -2.46. The molecule has 0 aliphatic carbocycles. The maximum atomic E-state index is 11.4. The van der Waals surface area contributed by atoms with Crippen LogP contribution in [-0.4, -0.2) is 28.6 Å². The lowest BCUT2D eigenvalue weighted by molar-refractivity contribution is -0.238. The number of esters is 2. The van der Waals surface area contributed by atoms with E-state index in [0.29, 0.717) is 0 Å². The van der Waals surface area contributed by atoms with Gasteiger partial charge in [0.15, 0.2) is 5.78 Å². The molecule has 1 N–H and O–H groups in total. The molecule has 1 fully saturated rings. The van der Waals surface area contributed by atoms with Gasteiger partial charge in [0.05, 0.1) is 0 Å². The standard InChI is InChI=1S/C10H12O6/c1-5(11)4-6(12)7-8(13)15-10(2,3)16-9(7)14/h4,7,12H,1-3H3. The van der Waals surface area contributed by atoms with E-state index in [1.807, 2.05) is 0 Å². The van der Waals surface area contributed by atoms with Crippen molar-refractivity contribution in [1.82, 2.24) is 0 Å². The van der Waals surface area contributed by atoms with Crippen LogP contribution in [0.5, 0.6) is 0 Å². The fraction of sp³-hybridized carbons (Fsp3) is 0.500. The van der Waals surface area contributed by atoms with Gasteiger partial charge in [-0.2, -0.15) is 0 Å². The van der Waals surface area contributed by atoms with Crippen LogP contribution in [0, 0.1) is 5.92 Å². The van der Waals surface area contributed by atoms with Gasteiger partial charge in [-0.1, -0.05) is 0 Å². The van der Waals surface area contributed by atoms with Crippen molar-refractivity contribution in [3.8, 4) is 0 Å². The van der Waals surface area contributed by atoms with E-state index < -0.39 is 35.2 Å². The highest BCUT2D eigenvalue weighted by atomic mass is 16.7. The number of carbonyl (C=O) groups excluding carboxylic acids is 3. The molecule has 6 nitrogen and oxygen atoms in total.